The van der Waals surface area contributed by atoms with Gasteiger partial charge in [-0.15, -0.1) is 0 Å². The molecule has 2 N–H and O–H groups in total. The molecule has 1 atom stereocenters. The summed E-state index contributed by atoms with van der Waals surface area (Å²) in [5.74, 6) is 1.11. The minimum atomic E-state index is -0.0900. The smallest absolute Gasteiger partial charge is 0.119 e. The average Bonchev–Trinajstić information content (AvgIpc) is 2.60. The van der Waals surface area contributed by atoms with Gasteiger partial charge in [0.1, 0.15) is 11.5 Å². The molecular weight excluding hydrogens is 344 g/mol. The van der Waals surface area contributed by atoms with Crippen molar-refractivity contribution in [1.29, 1.82) is 0 Å². The van der Waals surface area contributed by atoms with Gasteiger partial charge in [0.15, 0.2) is 0 Å². The molecule has 1 unspecified atom stereocenters. The number of phenols is 2. The normalized spacial score (nSPS) is 18.1. The zero-order chi connectivity index (χ0) is 20.7. The molecule has 28 heavy (non-hydrogen) atoms. The van der Waals surface area contributed by atoms with Crippen LogP contribution in [0.25, 0.3) is 5.57 Å². The van der Waals surface area contributed by atoms with Crippen LogP contribution in [-0.2, 0) is 10.8 Å². The SMILES string of the molecule is CC(C)(C)c1cc(C2=CC(c3ccc(O)c(C(C)(C)C)c3)CCC2)ccc1O. The first kappa shape index (κ1) is 20.5. The lowest BCUT2D eigenvalue weighted by molar-refractivity contribution is 0.445. The fourth-order valence-corrected chi connectivity index (χ4v) is 4.15. The lowest BCUT2D eigenvalue weighted by atomic mass is 9.79. The molecule has 1 aliphatic rings. The Bertz CT molecular complexity index is 892. The molecule has 0 amide bonds. The zero-order valence-corrected chi connectivity index (χ0v) is 18.1. The molecule has 0 bridgehead atoms. The van der Waals surface area contributed by atoms with Crippen molar-refractivity contribution in [3.05, 3.63) is 64.7 Å². The van der Waals surface area contributed by atoms with Crippen LogP contribution in [0.4, 0.5) is 0 Å². The first-order chi connectivity index (χ1) is 13.0. The number of benzene rings is 2. The third kappa shape index (κ3) is 4.27. The maximum absolute atomic E-state index is 10.3. The van der Waals surface area contributed by atoms with Gasteiger partial charge in [0.05, 0.1) is 0 Å². The summed E-state index contributed by atoms with van der Waals surface area (Å²) in [6.45, 7) is 12.8. The number of rotatable bonds is 2. The lowest BCUT2D eigenvalue weighted by Crippen LogP contribution is -2.13. The van der Waals surface area contributed by atoms with Gasteiger partial charge in [-0.05, 0) is 76.1 Å². The van der Waals surface area contributed by atoms with Crippen LogP contribution in [-0.4, -0.2) is 10.2 Å². The third-order valence-corrected chi connectivity index (χ3v) is 5.80. The summed E-state index contributed by atoms with van der Waals surface area (Å²) in [6.07, 6.45) is 5.73. The van der Waals surface area contributed by atoms with Crippen LogP contribution in [0, 0.1) is 0 Å². The summed E-state index contributed by atoms with van der Waals surface area (Å²) in [5, 5.41) is 20.6. The highest BCUT2D eigenvalue weighted by atomic mass is 16.3. The van der Waals surface area contributed by atoms with E-state index in [1.165, 1.54) is 16.7 Å². The van der Waals surface area contributed by atoms with Gasteiger partial charge < -0.3 is 10.2 Å². The van der Waals surface area contributed by atoms with Crippen LogP contribution in [0.5, 0.6) is 11.5 Å². The highest BCUT2D eigenvalue weighted by Gasteiger charge is 2.23. The number of aromatic hydroxyl groups is 2. The maximum atomic E-state index is 10.3. The van der Waals surface area contributed by atoms with Crippen molar-refractivity contribution >= 4 is 5.57 Å². The zero-order valence-electron chi connectivity index (χ0n) is 18.1. The summed E-state index contributed by atoms with van der Waals surface area (Å²) in [5.41, 5.74) is 5.66. The second-order valence-corrected chi connectivity index (χ2v) is 10.2. The molecule has 150 valence electrons. The van der Waals surface area contributed by atoms with E-state index in [4.69, 9.17) is 0 Å². The van der Waals surface area contributed by atoms with E-state index >= 15 is 0 Å². The van der Waals surface area contributed by atoms with E-state index < -0.39 is 0 Å². The Morgan fingerprint density at radius 3 is 1.96 bits per heavy atom. The number of allylic oxidation sites excluding steroid dienone is 2. The molecule has 0 radical (unpaired) electrons. The Kier molecular flexibility index (Phi) is 5.36. The number of hydrogen-bond acceptors (Lipinski definition) is 2. The molecule has 3 rings (SSSR count). The summed E-state index contributed by atoms with van der Waals surface area (Å²) in [7, 11) is 0. The minimum absolute atomic E-state index is 0.0835. The Balaban J connectivity index is 1.99. The van der Waals surface area contributed by atoms with Gasteiger partial charge >= 0.3 is 0 Å². The summed E-state index contributed by atoms with van der Waals surface area (Å²) >= 11 is 0. The van der Waals surface area contributed by atoms with Crippen molar-refractivity contribution < 1.29 is 10.2 Å². The van der Waals surface area contributed by atoms with Crippen LogP contribution in [0.15, 0.2) is 42.5 Å². The Labute approximate surface area is 169 Å². The molecule has 2 aromatic carbocycles. The minimum Gasteiger partial charge on any atom is -0.508 e. The van der Waals surface area contributed by atoms with Crippen LogP contribution < -0.4 is 0 Å². The molecule has 0 aromatic heterocycles. The van der Waals surface area contributed by atoms with Crippen molar-refractivity contribution in [2.75, 3.05) is 0 Å². The fraction of sp³-hybridized carbons (Fsp3) is 0.462. The first-order valence-electron chi connectivity index (χ1n) is 10.3. The molecule has 2 heteroatoms. The summed E-state index contributed by atoms with van der Waals surface area (Å²) < 4.78 is 0. The number of phenolic OH excluding ortho intramolecular Hbond substituents is 2. The first-order valence-corrected chi connectivity index (χ1v) is 10.3. The van der Waals surface area contributed by atoms with Gasteiger partial charge in [-0.3, -0.25) is 0 Å². The van der Waals surface area contributed by atoms with Gasteiger partial charge in [-0.1, -0.05) is 65.8 Å². The average molecular weight is 379 g/mol. The highest BCUT2D eigenvalue weighted by Crippen LogP contribution is 2.40. The predicted molar refractivity (Wildman–Crippen MR) is 118 cm³/mol. The second kappa shape index (κ2) is 7.31. The molecular formula is C26H34O2. The van der Waals surface area contributed by atoms with E-state index in [9.17, 15) is 10.2 Å². The van der Waals surface area contributed by atoms with Crippen LogP contribution in [0.1, 0.15) is 89.0 Å². The van der Waals surface area contributed by atoms with Gasteiger partial charge in [0.25, 0.3) is 0 Å². The van der Waals surface area contributed by atoms with Gasteiger partial charge in [-0.2, -0.15) is 0 Å². The Morgan fingerprint density at radius 2 is 1.36 bits per heavy atom. The summed E-state index contributed by atoms with van der Waals surface area (Å²) in [6, 6.07) is 12.1. The fourth-order valence-electron chi connectivity index (χ4n) is 4.15. The number of hydrogen-bond donors (Lipinski definition) is 2. The molecule has 0 aliphatic heterocycles. The van der Waals surface area contributed by atoms with Crippen LogP contribution >= 0.6 is 0 Å². The van der Waals surface area contributed by atoms with E-state index in [-0.39, 0.29) is 10.8 Å². The van der Waals surface area contributed by atoms with Gasteiger partial charge in [0.2, 0.25) is 0 Å². The molecule has 0 saturated heterocycles. The molecule has 0 saturated carbocycles. The van der Waals surface area contributed by atoms with E-state index in [0.29, 0.717) is 17.4 Å². The largest absolute Gasteiger partial charge is 0.508 e. The monoisotopic (exact) mass is 378 g/mol. The van der Waals surface area contributed by atoms with E-state index in [2.05, 4.69) is 65.8 Å². The molecule has 0 heterocycles. The summed E-state index contributed by atoms with van der Waals surface area (Å²) in [4.78, 5) is 0. The standard InChI is InChI=1S/C26H34O2/c1-25(2,3)21-15-19(10-12-23(21)27)17-8-7-9-18(14-17)20-11-13-24(28)22(16-20)26(4,5)6/h10-17,27-28H,7-9H2,1-6H3. The predicted octanol–water partition coefficient (Wildman–Crippen LogP) is 7.04. The lowest BCUT2D eigenvalue weighted by Gasteiger charge is -2.26. The molecule has 1 aliphatic carbocycles. The molecule has 2 aromatic rings. The van der Waals surface area contributed by atoms with Crippen molar-refractivity contribution in [2.24, 2.45) is 0 Å². The van der Waals surface area contributed by atoms with Gasteiger partial charge in [0, 0.05) is 5.92 Å². The van der Waals surface area contributed by atoms with Gasteiger partial charge in [-0.25, -0.2) is 0 Å². The van der Waals surface area contributed by atoms with Crippen molar-refractivity contribution in [1.82, 2.24) is 0 Å². The highest BCUT2D eigenvalue weighted by molar-refractivity contribution is 5.69. The van der Waals surface area contributed by atoms with Crippen molar-refractivity contribution in [3.63, 3.8) is 0 Å². The van der Waals surface area contributed by atoms with E-state index in [1.807, 2.05) is 18.2 Å². The van der Waals surface area contributed by atoms with Crippen molar-refractivity contribution in [3.8, 4) is 11.5 Å². The van der Waals surface area contributed by atoms with E-state index in [1.54, 1.807) is 0 Å². The third-order valence-electron chi connectivity index (χ3n) is 5.80. The van der Waals surface area contributed by atoms with Crippen LogP contribution in [0.3, 0.4) is 0 Å². The Morgan fingerprint density at radius 1 is 0.786 bits per heavy atom. The van der Waals surface area contributed by atoms with Crippen molar-refractivity contribution in [2.45, 2.75) is 77.6 Å². The Hall–Kier alpha value is -2.22. The molecule has 0 fully saturated rings. The quantitative estimate of drug-likeness (QED) is 0.588. The maximum Gasteiger partial charge on any atom is 0.119 e. The van der Waals surface area contributed by atoms with E-state index in [0.717, 1.165) is 30.4 Å². The molecule has 2 nitrogen and oxygen atoms in total. The molecule has 0 spiro atoms. The topological polar surface area (TPSA) is 40.5 Å². The van der Waals surface area contributed by atoms with Crippen LogP contribution in [0.2, 0.25) is 0 Å². The second-order valence-electron chi connectivity index (χ2n) is 10.2.